The third-order valence-electron chi connectivity index (χ3n) is 2.64. The fraction of sp³-hybridized carbons (Fsp3) is 0.800. The number of carbonyl (C=O) groups is 2. The van der Waals surface area contributed by atoms with E-state index in [9.17, 15) is 9.59 Å². The van der Waals surface area contributed by atoms with E-state index in [4.69, 9.17) is 9.84 Å². The van der Waals surface area contributed by atoms with E-state index in [-0.39, 0.29) is 12.5 Å². The first-order chi connectivity index (χ1) is 7.49. The van der Waals surface area contributed by atoms with Gasteiger partial charge < -0.3 is 15.2 Å². The molecular weight excluding hydrogens is 230 g/mol. The van der Waals surface area contributed by atoms with Crippen molar-refractivity contribution in [3.05, 3.63) is 0 Å². The SMILES string of the molecule is COCC(NC(=O)C1(C)CCCS1)C(=O)O. The van der Waals surface area contributed by atoms with E-state index in [1.54, 1.807) is 11.8 Å². The summed E-state index contributed by atoms with van der Waals surface area (Å²) < 4.78 is 4.27. The molecule has 16 heavy (non-hydrogen) atoms. The number of nitrogens with one attached hydrogen (secondary N) is 1. The molecule has 5 nitrogen and oxygen atoms in total. The zero-order valence-electron chi connectivity index (χ0n) is 9.49. The van der Waals surface area contributed by atoms with Crippen molar-refractivity contribution in [3.8, 4) is 0 Å². The fourth-order valence-electron chi connectivity index (χ4n) is 1.61. The molecular formula is C10H17NO4S. The molecule has 0 aromatic heterocycles. The highest BCUT2D eigenvalue weighted by Gasteiger charge is 2.38. The molecule has 0 saturated carbocycles. The summed E-state index contributed by atoms with van der Waals surface area (Å²) >= 11 is 1.58. The molecule has 0 spiro atoms. The maximum absolute atomic E-state index is 11.9. The molecule has 1 heterocycles. The highest BCUT2D eigenvalue weighted by atomic mass is 32.2. The van der Waals surface area contributed by atoms with Crippen LogP contribution in [0.4, 0.5) is 0 Å². The Balaban J connectivity index is 2.57. The minimum absolute atomic E-state index is 0.0121. The van der Waals surface area contributed by atoms with E-state index < -0.39 is 16.8 Å². The molecule has 0 aliphatic carbocycles. The van der Waals surface area contributed by atoms with Crippen molar-refractivity contribution >= 4 is 23.6 Å². The maximum atomic E-state index is 11.9. The summed E-state index contributed by atoms with van der Waals surface area (Å²) in [5.74, 6) is -0.326. The molecule has 1 aliphatic rings. The van der Waals surface area contributed by atoms with Gasteiger partial charge in [-0.3, -0.25) is 4.79 Å². The molecule has 1 amide bonds. The molecule has 0 bridgehead atoms. The van der Waals surface area contributed by atoms with Gasteiger partial charge in [-0.25, -0.2) is 4.79 Å². The summed E-state index contributed by atoms with van der Waals surface area (Å²) in [5.41, 5.74) is 0. The second kappa shape index (κ2) is 5.54. The number of methoxy groups -OCH3 is 1. The molecule has 0 aromatic carbocycles. The van der Waals surface area contributed by atoms with Crippen LogP contribution in [0.2, 0.25) is 0 Å². The number of carboxylic acid groups (broad SMARTS) is 1. The summed E-state index contributed by atoms with van der Waals surface area (Å²) in [6.07, 6.45) is 1.79. The lowest BCUT2D eigenvalue weighted by Gasteiger charge is -2.24. The standard InChI is InChI=1S/C10H17NO4S/c1-10(4-3-5-16-10)9(14)11-7(6-15-2)8(12)13/h7H,3-6H2,1-2H3,(H,11,14)(H,12,13). The zero-order chi connectivity index (χ0) is 12.2. The van der Waals surface area contributed by atoms with Gasteiger partial charge in [0.1, 0.15) is 0 Å². The molecule has 2 unspecified atom stereocenters. The van der Waals surface area contributed by atoms with Crippen LogP contribution in [0.1, 0.15) is 19.8 Å². The third-order valence-corrected chi connectivity index (χ3v) is 4.16. The van der Waals surface area contributed by atoms with Gasteiger partial charge in [0.25, 0.3) is 0 Å². The van der Waals surface area contributed by atoms with Gasteiger partial charge in [0, 0.05) is 7.11 Å². The number of carboxylic acids is 1. The smallest absolute Gasteiger partial charge is 0.328 e. The van der Waals surface area contributed by atoms with E-state index in [0.717, 1.165) is 18.6 Å². The number of amides is 1. The number of hydrogen-bond acceptors (Lipinski definition) is 4. The van der Waals surface area contributed by atoms with Crippen LogP contribution < -0.4 is 5.32 Å². The summed E-state index contributed by atoms with van der Waals surface area (Å²) in [6.45, 7) is 1.84. The van der Waals surface area contributed by atoms with Crippen LogP contribution in [0.25, 0.3) is 0 Å². The molecule has 2 atom stereocenters. The normalized spacial score (nSPS) is 26.4. The maximum Gasteiger partial charge on any atom is 0.328 e. The Morgan fingerprint density at radius 1 is 1.62 bits per heavy atom. The average molecular weight is 247 g/mol. The summed E-state index contributed by atoms with van der Waals surface area (Å²) in [6, 6.07) is -0.962. The van der Waals surface area contributed by atoms with Crippen molar-refractivity contribution in [2.24, 2.45) is 0 Å². The third kappa shape index (κ3) is 3.12. The number of hydrogen-bond donors (Lipinski definition) is 2. The van der Waals surface area contributed by atoms with Crippen LogP contribution in [0, 0.1) is 0 Å². The van der Waals surface area contributed by atoms with Crippen molar-refractivity contribution in [3.63, 3.8) is 0 Å². The van der Waals surface area contributed by atoms with E-state index in [1.165, 1.54) is 7.11 Å². The predicted molar refractivity (Wildman–Crippen MR) is 61.5 cm³/mol. The minimum atomic E-state index is -1.07. The van der Waals surface area contributed by atoms with Crippen molar-refractivity contribution in [1.82, 2.24) is 5.32 Å². The highest BCUT2D eigenvalue weighted by molar-refractivity contribution is 8.01. The fourth-order valence-corrected chi connectivity index (χ4v) is 2.83. The largest absolute Gasteiger partial charge is 0.480 e. The Hall–Kier alpha value is -0.750. The Labute approximate surface area is 98.9 Å². The number of ether oxygens (including phenoxy) is 1. The van der Waals surface area contributed by atoms with Crippen LogP contribution in [-0.2, 0) is 14.3 Å². The lowest BCUT2D eigenvalue weighted by molar-refractivity contribution is -0.143. The van der Waals surface area contributed by atoms with Crippen LogP contribution in [0.3, 0.4) is 0 Å². The van der Waals surface area contributed by atoms with Crippen molar-refractivity contribution in [1.29, 1.82) is 0 Å². The molecule has 6 heteroatoms. The molecule has 2 N–H and O–H groups in total. The molecule has 0 radical (unpaired) electrons. The molecule has 0 aromatic rings. The van der Waals surface area contributed by atoms with Crippen LogP contribution in [0.15, 0.2) is 0 Å². The first kappa shape index (κ1) is 13.3. The molecule has 1 rings (SSSR count). The van der Waals surface area contributed by atoms with Gasteiger partial charge in [0.15, 0.2) is 6.04 Å². The van der Waals surface area contributed by atoms with Crippen molar-refractivity contribution < 1.29 is 19.4 Å². The van der Waals surface area contributed by atoms with E-state index in [2.05, 4.69) is 5.32 Å². The first-order valence-electron chi connectivity index (χ1n) is 5.16. The van der Waals surface area contributed by atoms with Crippen LogP contribution >= 0.6 is 11.8 Å². The molecule has 1 fully saturated rings. The Kier molecular flexibility index (Phi) is 4.61. The van der Waals surface area contributed by atoms with E-state index >= 15 is 0 Å². The van der Waals surface area contributed by atoms with Gasteiger partial charge in [-0.2, -0.15) is 0 Å². The Morgan fingerprint density at radius 3 is 2.75 bits per heavy atom. The first-order valence-corrected chi connectivity index (χ1v) is 6.15. The van der Waals surface area contributed by atoms with E-state index in [0.29, 0.717) is 0 Å². The molecule has 92 valence electrons. The molecule has 1 saturated heterocycles. The minimum Gasteiger partial charge on any atom is -0.480 e. The summed E-state index contributed by atoms with van der Waals surface area (Å²) in [5, 5.41) is 11.4. The monoisotopic (exact) mass is 247 g/mol. The summed E-state index contributed by atoms with van der Waals surface area (Å²) in [7, 11) is 1.41. The van der Waals surface area contributed by atoms with Gasteiger partial charge in [0.05, 0.1) is 11.4 Å². The Morgan fingerprint density at radius 2 is 2.31 bits per heavy atom. The highest BCUT2D eigenvalue weighted by Crippen LogP contribution is 2.37. The quantitative estimate of drug-likeness (QED) is 0.739. The molecule has 1 aliphatic heterocycles. The average Bonchev–Trinajstić information content (AvgIpc) is 2.65. The van der Waals surface area contributed by atoms with Crippen LogP contribution in [0.5, 0.6) is 0 Å². The van der Waals surface area contributed by atoms with Gasteiger partial charge in [-0.15, -0.1) is 11.8 Å². The van der Waals surface area contributed by atoms with Crippen LogP contribution in [-0.4, -0.2) is 47.2 Å². The second-order valence-corrected chi connectivity index (χ2v) is 5.60. The number of carbonyl (C=O) groups excluding carboxylic acids is 1. The zero-order valence-corrected chi connectivity index (χ0v) is 10.3. The van der Waals surface area contributed by atoms with Gasteiger partial charge in [-0.1, -0.05) is 0 Å². The van der Waals surface area contributed by atoms with Gasteiger partial charge in [0.2, 0.25) is 5.91 Å². The van der Waals surface area contributed by atoms with Crippen molar-refractivity contribution in [2.45, 2.75) is 30.6 Å². The van der Waals surface area contributed by atoms with Gasteiger partial charge in [-0.05, 0) is 25.5 Å². The van der Waals surface area contributed by atoms with Gasteiger partial charge >= 0.3 is 5.97 Å². The van der Waals surface area contributed by atoms with E-state index in [1.807, 2.05) is 6.92 Å². The number of rotatable bonds is 5. The summed E-state index contributed by atoms with van der Waals surface area (Å²) in [4.78, 5) is 22.7. The number of thioether (sulfide) groups is 1. The predicted octanol–water partition coefficient (Wildman–Crippen LogP) is 0.488. The lowest BCUT2D eigenvalue weighted by Crippen LogP contribution is -2.50. The Bertz CT molecular complexity index is 276. The van der Waals surface area contributed by atoms with Crippen molar-refractivity contribution in [2.75, 3.05) is 19.5 Å². The topological polar surface area (TPSA) is 75.6 Å². The lowest BCUT2D eigenvalue weighted by atomic mass is 10.0. The number of aliphatic carboxylic acids is 1. The second-order valence-electron chi connectivity index (χ2n) is 4.00.